The van der Waals surface area contributed by atoms with Gasteiger partial charge in [0.1, 0.15) is 13.2 Å². The van der Waals surface area contributed by atoms with Crippen LogP contribution in [0.1, 0.15) is 79.2 Å². The molecule has 0 aliphatic heterocycles. The Balaban J connectivity index is 0.00000461. The Kier molecular flexibility index (Phi) is 12.6. The lowest BCUT2D eigenvalue weighted by atomic mass is 9.65. The van der Waals surface area contributed by atoms with Crippen molar-refractivity contribution in [1.82, 2.24) is 0 Å². The molecular weight excluding hydrogens is 586 g/mol. The largest absolute Gasteiger partial charge is 0.504 e. The first-order valence-electron chi connectivity index (χ1n) is 15.9. The number of phenols is 2. The molecule has 0 radical (unpaired) electrons. The van der Waals surface area contributed by atoms with Gasteiger partial charge in [-0.1, -0.05) is 92.1 Å². The lowest BCUT2D eigenvalue weighted by molar-refractivity contribution is 0.142. The van der Waals surface area contributed by atoms with Crippen LogP contribution in [0.25, 0.3) is 0 Å². The van der Waals surface area contributed by atoms with Crippen molar-refractivity contribution in [3.63, 3.8) is 0 Å². The van der Waals surface area contributed by atoms with Crippen molar-refractivity contribution in [2.24, 2.45) is 5.73 Å². The van der Waals surface area contributed by atoms with Crippen LogP contribution in [-0.4, -0.2) is 23.4 Å². The number of phenolic OH excluding ortho intramolecular Hbond substituents is 2. The highest BCUT2D eigenvalue weighted by Crippen LogP contribution is 2.51. The molecule has 4 N–H and O–H groups in total. The first-order chi connectivity index (χ1) is 21.5. The third kappa shape index (κ3) is 8.51. The van der Waals surface area contributed by atoms with Crippen LogP contribution >= 0.6 is 12.4 Å². The van der Waals surface area contributed by atoms with Crippen LogP contribution < -0.4 is 15.2 Å². The molecule has 0 bridgehead atoms. The molecule has 0 fully saturated rings. The predicted molar refractivity (Wildman–Crippen MR) is 182 cm³/mol. The Morgan fingerprint density at radius 2 is 1.42 bits per heavy atom. The van der Waals surface area contributed by atoms with E-state index in [9.17, 15) is 10.2 Å². The van der Waals surface area contributed by atoms with Gasteiger partial charge in [-0.15, -0.1) is 12.4 Å². The van der Waals surface area contributed by atoms with Gasteiger partial charge in [0.25, 0.3) is 0 Å². The number of halogens is 1. The molecule has 0 heterocycles. The zero-order valence-corrected chi connectivity index (χ0v) is 26.9. The SMILES string of the molecule is CCOCCCCCCC1c2ccc(O)c(O)c2CCC1(N)c1ccc(OCc2ccccc2)c(OCc2ccccc2)c1.Cl. The molecule has 0 saturated heterocycles. The summed E-state index contributed by atoms with van der Waals surface area (Å²) in [6.07, 6.45) is 6.31. The molecule has 45 heavy (non-hydrogen) atoms. The third-order valence-electron chi connectivity index (χ3n) is 8.77. The topological polar surface area (TPSA) is 94.2 Å². The normalized spacial score (nSPS) is 17.2. The standard InChI is InChI=1S/C38H45NO5.ClH/c1-2-42-24-12-4-3-11-17-33-31-19-20-34(40)37(41)32(31)22-23-38(33,39)30-18-21-35(43-26-28-13-7-5-8-14-28)36(25-30)44-27-29-15-9-6-10-16-29;/h5-10,13-16,18-21,25,33,40-41H,2-4,11-12,17,22-24,26-27,39H2,1H3;1H. The number of hydrogen-bond donors (Lipinski definition) is 3. The maximum Gasteiger partial charge on any atom is 0.162 e. The third-order valence-corrected chi connectivity index (χ3v) is 8.77. The summed E-state index contributed by atoms with van der Waals surface area (Å²) < 4.78 is 18.2. The van der Waals surface area contributed by atoms with E-state index in [4.69, 9.17) is 19.9 Å². The van der Waals surface area contributed by atoms with Crippen molar-refractivity contribution in [3.05, 3.63) is 119 Å². The molecule has 5 rings (SSSR count). The van der Waals surface area contributed by atoms with E-state index < -0.39 is 5.54 Å². The smallest absolute Gasteiger partial charge is 0.162 e. The summed E-state index contributed by atoms with van der Waals surface area (Å²) in [5.74, 6) is 1.17. The van der Waals surface area contributed by atoms with Gasteiger partial charge in [-0.05, 0) is 73.1 Å². The highest BCUT2D eigenvalue weighted by atomic mass is 35.5. The van der Waals surface area contributed by atoms with E-state index in [1.165, 1.54) is 0 Å². The molecule has 2 atom stereocenters. The molecule has 6 nitrogen and oxygen atoms in total. The Hall–Kier alpha value is -3.71. The fourth-order valence-electron chi connectivity index (χ4n) is 6.32. The summed E-state index contributed by atoms with van der Waals surface area (Å²) in [7, 11) is 0. The molecular formula is C38H46ClNO5. The number of nitrogens with two attached hydrogens (primary N) is 1. The molecule has 0 saturated carbocycles. The predicted octanol–water partition coefficient (Wildman–Crippen LogP) is 8.55. The summed E-state index contributed by atoms with van der Waals surface area (Å²) in [6.45, 7) is 4.40. The maximum absolute atomic E-state index is 10.8. The van der Waals surface area contributed by atoms with Crippen LogP contribution in [0.2, 0.25) is 0 Å². The number of aromatic hydroxyl groups is 2. The van der Waals surface area contributed by atoms with Crippen molar-refractivity contribution < 1.29 is 24.4 Å². The van der Waals surface area contributed by atoms with Gasteiger partial charge in [0.15, 0.2) is 23.0 Å². The van der Waals surface area contributed by atoms with Gasteiger partial charge < -0.3 is 30.2 Å². The lowest BCUT2D eigenvalue weighted by Crippen LogP contribution is -2.46. The number of ether oxygens (including phenoxy) is 3. The van der Waals surface area contributed by atoms with Gasteiger partial charge in [0.05, 0.1) is 0 Å². The molecule has 1 aliphatic rings. The minimum atomic E-state index is -0.690. The number of rotatable bonds is 15. The highest BCUT2D eigenvalue weighted by Gasteiger charge is 2.42. The fourth-order valence-corrected chi connectivity index (χ4v) is 6.32. The quantitative estimate of drug-likeness (QED) is 0.0899. The van der Waals surface area contributed by atoms with Gasteiger partial charge in [0.2, 0.25) is 0 Å². The van der Waals surface area contributed by atoms with Gasteiger partial charge in [-0.2, -0.15) is 0 Å². The van der Waals surface area contributed by atoms with Crippen LogP contribution in [0.3, 0.4) is 0 Å². The molecule has 240 valence electrons. The zero-order valence-electron chi connectivity index (χ0n) is 26.1. The van der Waals surface area contributed by atoms with Crippen LogP contribution in [0.4, 0.5) is 0 Å². The Bertz CT molecular complexity index is 1480. The minimum Gasteiger partial charge on any atom is -0.504 e. The second-order valence-electron chi connectivity index (χ2n) is 11.7. The van der Waals surface area contributed by atoms with Crippen LogP contribution in [0.15, 0.2) is 91.0 Å². The van der Waals surface area contributed by atoms with E-state index >= 15 is 0 Å². The van der Waals surface area contributed by atoms with E-state index in [-0.39, 0.29) is 29.8 Å². The first-order valence-corrected chi connectivity index (χ1v) is 15.9. The van der Waals surface area contributed by atoms with Crippen molar-refractivity contribution >= 4 is 12.4 Å². The van der Waals surface area contributed by atoms with Crippen molar-refractivity contribution in [2.45, 2.75) is 76.5 Å². The Labute approximate surface area is 273 Å². The summed E-state index contributed by atoms with van der Waals surface area (Å²) in [6, 6.07) is 29.8. The van der Waals surface area contributed by atoms with Crippen molar-refractivity contribution in [1.29, 1.82) is 0 Å². The molecule has 7 heteroatoms. The molecule has 0 spiro atoms. The molecule has 4 aromatic rings. The van der Waals surface area contributed by atoms with E-state index in [0.29, 0.717) is 37.6 Å². The van der Waals surface area contributed by atoms with E-state index in [0.717, 1.165) is 73.1 Å². The van der Waals surface area contributed by atoms with Gasteiger partial charge in [-0.25, -0.2) is 0 Å². The number of benzene rings is 4. The van der Waals surface area contributed by atoms with Crippen LogP contribution in [0.5, 0.6) is 23.0 Å². The Morgan fingerprint density at radius 3 is 2.09 bits per heavy atom. The fraction of sp³-hybridized carbons (Fsp3) is 0.368. The minimum absolute atomic E-state index is 0. The summed E-state index contributed by atoms with van der Waals surface area (Å²) >= 11 is 0. The maximum atomic E-state index is 10.8. The zero-order chi connectivity index (χ0) is 30.8. The van der Waals surface area contributed by atoms with Crippen LogP contribution in [-0.2, 0) is 29.9 Å². The first kappa shape index (κ1) is 34.2. The monoisotopic (exact) mass is 631 g/mol. The average Bonchev–Trinajstić information content (AvgIpc) is 3.06. The van der Waals surface area contributed by atoms with Gasteiger partial charge in [-0.3, -0.25) is 0 Å². The molecule has 4 aromatic carbocycles. The summed E-state index contributed by atoms with van der Waals surface area (Å²) in [4.78, 5) is 0. The molecule has 2 unspecified atom stereocenters. The molecule has 0 amide bonds. The lowest BCUT2D eigenvalue weighted by Gasteiger charge is -2.43. The highest BCUT2D eigenvalue weighted by molar-refractivity contribution is 5.85. The summed E-state index contributed by atoms with van der Waals surface area (Å²) in [5.41, 5.74) is 11.7. The second kappa shape index (κ2) is 16.6. The van der Waals surface area contributed by atoms with Gasteiger partial charge >= 0.3 is 0 Å². The van der Waals surface area contributed by atoms with Crippen molar-refractivity contribution in [3.8, 4) is 23.0 Å². The number of unbranched alkanes of at least 4 members (excludes halogenated alkanes) is 3. The van der Waals surface area contributed by atoms with E-state index in [1.807, 2.05) is 85.8 Å². The summed E-state index contributed by atoms with van der Waals surface area (Å²) in [5, 5.41) is 21.0. The molecule has 1 aliphatic carbocycles. The average molecular weight is 632 g/mol. The number of fused-ring (bicyclic) bond motifs is 1. The van der Waals surface area contributed by atoms with Crippen LogP contribution in [0, 0.1) is 0 Å². The van der Waals surface area contributed by atoms with Crippen molar-refractivity contribution in [2.75, 3.05) is 13.2 Å². The number of hydrogen-bond acceptors (Lipinski definition) is 6. The van der Waals surface area contributed by atoms with Gasteiger partial charge in [0, 0.05) is 30.2 Å². The van der Waals surface area contributed by atoms with E-state index in [2.05, 4.69) is 6.07 Å². The molecule has 0 aromatic heterocycles. The van der Waals surface area contributed by atoms with E-state index in [1.54, 1.807) is 6.07 Å². The Morgan fingerprint density at radius 1 is 0.778 bits per heavy atom. The second-order valence-corrected chi connectivity index (χ2v) is 11.7.